The van der Waals surface area contributed by atoms with Crippen molar-refractivity contribution in [3.05, 3.63) is 59.9 Å². The van der Waals surface area contributed by atoms with Crippen molar-refractivity contribution in [3.8, 4) is 0 Å². The maximum absolute atomic E-state index is 12.3. The Hall–Kier alpha value is -2.40. The summed E-state index contributed by atoms with van der Waals surface area (Å²) in [7, 11) is 3.52. The van der Waals surface area contributed by atoms with E-state index in [4.69, 9.17) is 4.74 Å². The summed E-state index contributed by atoms with van der Waals surface area (Å²) < 4.78 is 5.01. The molecule has 1 aromatic heterocycles. The highest BCUT2D eigenvalue weighted by Crippen LogP contribution is 2.32. The number of hydrogen-bond acceptors (Lipinski definition) is 5. The monoisotopic (exact) mass is 325 g/mol. The summed E-state index contributed by atoms with van der Waals surface area (Å²) in [5.41, 5.74) is 3.41. The van der Waals surface area contributed by atoms with Crippen molar-refractivity contribution in [1.82, 2.24) is 10.3 Å². The number of fused-ring (bicyclic) bond motifs is 1. The van der Waals surface area contributed by atoms with E-state index in [2.05, 4.69) is 22.2 Å². The third kappa shape index (κ3) is 3.57. The highest BCUT2D eigenvalue weighted by molar-refractivity contribution is 5.76. The standard InChI is InChI=1S/C19H23N3O2/c1-22-11-9-16(15-13-20-10-8-18(15)22)21-17(19(23)24-2)12-14-6-4-3-5-7-14/h3-8,10,13,16-17,21H,9,11-12H2,1-2H3/t16-,17+/m1/s1. The first-order chi connectivity index (χ1) is 11.7. The zero-order valence-corrected chi connectivity index (χ0v) is 14.1. The molecule has 0 unspecified atom stereocenters. The molecule has 2 aromatic rings. The highest BCUT2D eigenvalue weighted by Gasteiger charge is 2.28. The van der Waals surface area contributed by atoms with Crippen LogP contribution in [0.3, 0.4) is 0 Å². The number of methoxy groups -OCH3 is 1. The average molecular weight is 325 g/mol. The molecular weight excluding hydrogens is 302 g/mol. The second-order valence-electron chi connectivity index (χ2n) is 6.13. The van der Waals surface area contributed by atoms with Gasteiger partial charge in [-0.3, -0.25) is 15.1 Å². The summed E-state index contributed by atoms with van der Waals surface area (Å²) in [5.74, 6) is -0.233. The van der Waals surface area contributed by atoms with Gasteiger partial charge >= 0.3 is 5.97 Å². The van der Waals surface area contributed by atoms with Crippen LogP contribution in [0.2, 0.25) is 0 Å². The molecule has 0 saturated heterocycles. The first kappa shape index (κ1) is 16.5. The van der Waals surface area contributed by atoms with Gasteiger partial charge in [-0.2, -0.15) is 0 Å². The van der Waals surface area contributed by atoms with Gasteiger partial charge in [-0.25, -0.2) is 0 Å². The maximum atomic E-state index is 12.3. The lowest BCUT2D eigenvalue weighted by Gasteiger charge is -2.34. The Kier molecular flexibility index (Phi) is 5.11. The predicted octanol–water partition coefficient (Wildman–Crippen LogP) is 2.34. The Morgan fingerprint density at radius 3 is 2.92 bits per heavy atom. The van der Waals surface area contributed by atoms with Crippen LogP contribution in [0.5, 0.6) is 0 Å². The lowest BCUT2D eigenvalue weighted by atomic mass is 9.96. The number of rotatable bonds is 5. The number of esters is 1. The van der Waals surface area contributed by atoms with Gasteiger partial charge in [-0.05, 0) is 24.5 Å². The lowest BCUT2D eigenvalue weighted by molar-refractivity contribution is -0.143. The topological polar surface area (TPSA) is 54.5 Å². The number of nitrogens with zero attached hydrogens (tertiary/aromatic N) is 2. The molecule has 0 saturated carbocycles. The summed E-state index contributed by atoms with van der Waals surface area (Å²) >= 11 is 0. The molecule has 0 fully saturated rings. The fourth-order valence-corrected chi connectivity index (χ4v) is 3.23. The molecule has 2 heterocycles. The SMILES string of the molecule is COC(=O)[C@H](Cc1ccccc1)N[C@@H]1CCN(C)c2ccncc21. The van der Waals surface area contributed by atoms with E-state index in [9.17, 15) is 4.79 Å². The van der Waals surface area contributed by atoms with Crippen LogP contribution in [0.25, 0.3) is 0 Å². The number of nitrogens with one attached hydrogen (secondary N) is 1. The van der Waals surface area contributed by atoms with Gasteiger partial charge in [0.2, 0.25) is 0 Å². The fourth-order valence-electron chi connectivity index (χ4n) is 3.23. The molecule has 5 nitrogen and oxygen atoms in total. The molecule has 0 amide bonds. The molecule has 3 rings (SSSR count). The summed E-state index contributed by atoms with van der Waals surface area (Å²) in [4.78, 5) is 18.7. The maximum Gasteiger partial charge on any atom is 0.323 e. The van der Waals surface area contributed by atoms with Gasteiger partial charge in [0.25, 0.3) is 0 Å². The minimum atomic E-state index is -0.376. The Labute approximate surface area is 142 Å². The summed E-state index contributed by atoms with van der Waals surface area (Å²) in [6.45, 7) is 0.938. The number of benzene rings is 1. The van der Waals surface area contributed by atoms with Crippen LogP contribution in [0.1, 0.15) is 23.6 Å². The second kappa shape index (κ2) is 7.45. The van der Waals surface area contributed by atoms with Crippen LogP contribution in [0.15, 0.2) is 48.8 Å². The van der Waals surface area contributed by atoms with Crippen molar-refractivity contribution >= 4 is 11.7 Å². The molecule has 5 heteroatoms. The molecule has 0 radical (unpaired) electrons. The molecule has 1 aliphatic rings. The van der Waals surface area contributed by atoms with Crippen LogP contribution in [-0.4, -0.2) is 37.7 Å². The van der Waals surface area contributed by atoms with E-state index in [1.807, 2.05) is 42.6 Å². The van der Waals surface area contributed by atoms with Crippen LogP contribution in [0.4, 0.5) is 5.69 Å². The van der Waals surface area contributed by atoms with E-state index in [-0.39, 0.29) is 18.1 Å². The van der Waals surface area contributed by atoms with Crippen LogP contribution >= 0.6 is 0 Å². The molecule has 126 valence electrons. The van der Waals surface area contributed by atoms with Crippen molar-refractivity contribution in [2.24, 2.45) is 0 Å². The van der Waals surface area contributed by atoms with E-state index in [0.717, 1.165) is 29.8 Å². The molecule has 1 aliphatic heterocycles. The van der Waals surface area contributed by atoms with Gasteiger partial charge in [0.15, 0.2) is 0 Å². The minimum Gasteiger partial charge on any atom is -0.468 e. The summed E-state index contributed by atoms with van der Waals surface area (Å²) in [5, 5.41) is 3.49. The largest absolute Gasteiger partial charge is 0.468 e. The second-order valence-corrected chi connectivity index (χ2v) is 6.13. The zero-order chi connectivity index (χ0) is 16.9. The molecule has 1 N–H and O–H groups in total. The van der Waals surface area contributed by atoms with Crippen molar-refractivity contribution in [2.45, 2.75) is 24.9 Å². The van der Waals surface area contributed by atoms with Crippen molar-refractivity contribution in [1.29, 1.82) is 0 Å². The Morgan fingerprint density at radius 1 is 1.38 bits per heavy atom. The number of hydrogen-bond donors (Lipinski definition) is 1. The molecule has 24 heavy (non-hydrogen) atoms. The lowest BCUT2D eigenvalue weighted by Crippen LogP contribution is -2.44. The number of carbonyl (C=O) groups excluding carboxylic acids is 1. The third-order valence-electron chi connectivity index (χ3n) is 4.54. The van der Waals surface area contributed by atoms with Crippen molar-refractivity contribution < 1.29 is 9.53 Å². The fraction of sp³-hybridized carbons (Fsp3) is 0.368. The first-order valence-corrected chi connectivity index (χ1v) is 8.22. The van der Waals surface area contributed by atoms with Gasteiger partial charge in [-0.1, -0.05) is 30.3 Å². The minimum absolute atomic E-state index is 0.0951. The Balaban J connectivity index is 1.80. The average Bonchev–Trinajstić information content (AvgIpc) is 2.63. The summed E-state index contributed by atoms with van der Waals surface area (Å²) in [6.07, 6.45) is 5.23. The molecular formula is C19H23N3O2. The van der Waals surface area contributed by atoms with E-state index < -0.39 is 0 Å². The number of aromatic nitrogens is 1. The number of carbonyl (C=O) groups is 1. The van der Waals surface area contributed by atoms with Gasteiger partial charge in [0, 0.05) is 43.3 Å². The molecule has 0 spiro atoms. The third-order valence-corrected chi connectivity index (χ3v) is 4.54. The smallest absolute Gasteiger partial charge is 0.323 e. The van der Waals surface area contributed by atoms with Gasteiger partial charge < -0.3 is 9.64 Å². The molecule has 0 bridgehead atoms. The molecule has 2 atom stereocenters. The molecule has 0 aliphatic carbocycles. The van der Waals surface area contributed by atoms with Crippen LogP contribution in [-0.2, 0) is 16.0 Å². The Morgan fingerprint density at radius 2 is 2.17 bits per heavy atom. The summed E-state index contributed by atoms with van der Waals surface area (Å²) in [6, 6.07) is 11.7. The van der Waals surface area contributed by atoms with E-state index in [1.54, 1.807) is 6.20 Å². The van der Waals surface area contributed by atoms with Crippen LogP contribution in [0, 0.1) is 0 Å². The van der Waals surface area contributed by atoms with Gasteiger partial charge in [-0.15, -0.1) is 0 Å². The van der Waals surface area contributed by atoms with Gasteiger partial charge in [0.1, 0.15) is 6.04 Å². The zero-order valence-electron chi connectivity index (χ0n) is 14.1. The van der Waals surface area contributed by atoms with E-state index >= 15 is 0 Å². The first-order valence-electron chi connectivity index (χ1n) is 8.22. The van der Waals surface area contributed by atoms with E-state index in [0.29, 0.717) is 6.42 Å². The number of ether oxygens (including phenoxy) is 1. The number of anilines is 1. The van der Waals surface area contributed by atoms with Crippen molar-refractivity contribution in [3.63, 3.8) is 0 Å². The number of pyridine rings is 1. The van der Waals surface area contributed by atoms with Crippen molar-refractivity contribution in [2.75, 3.05) is 25.6 Å². The quantitative estimate of drug-likeness (QED) is 0.855. The highest BCUT2D eigenvalue weighted by atomic mass is 16.5. The Bertz CT molecular complexity index is 690. The van der Waals surface area contributed by atoms with Gasteiger partial charge in [0.05, 0.1) is 7.11 Å². The van der Waals surface area contributed by atoms with E-state index in [1.165, 1.54) is 7.11 Å². The predicted molar refractivity (Wildman–Crippen MR) is 94.0 cm³/mol. The van der Waals surface area contributed by atoms with Crippen LogP contribution < -0.4 is 10.2 Å². The normalized spacial score (nSPS) is 17.9. The molecule has 1 aromatic carbocycles.